The fraction of sp³-hybridized carbons (Fsp3) is 0.409. The first-order valence-corrected chi connectivity index (χ1v) is 12.3. The lowest BCUT2D eigenvalue weighted by Crippen LogP contribution is -2.38. The minimum Gasteiger partial charge on any atom is -0.373 e. The Morgan fingerprint density at radius 2 is 1.91 bits per heavy atom. The van der Waals surface area contributed by atoms with Crippen LogP contribution in [0.25, 0.3) is 6.08 Å². The first-order valence-electron chi connectivity index (χ1n) is 10.4. The zero-order valence-corrected chi connectivity index (χ0v) is 19.8. The molecule has 2 heterocycles. The minimum atomic E-state index is -4.82. The van der Waals surface area contributed by atoms with Crippen LogP contribution in [-0.4, -0.2) is 54.8 Å². The number of hydrogen-bond donors (Lipinski definition) is 1. The molecule has 0 bridgehead atoms. The zero-order valence-electron chi connectivity index (χ0n) is 18.9. The fourth-order valence-electron chi connectivity index (χ4n) is 3.73. The van der Waals surface area contributed by atoms with Gasteiger partial charge in [-0.25, -0.2) is 12.8 Å². The van der Waals surface area contributed by atoms with Gasteiger partial charge in [-0.3, -0.25) is 4.99 Å². The number of aliphatic imine (C=N–C) groups is 1. The summed E-state index contributed by atoms with van der Waals surface area (Å²) in [6, 6.07) is 2.22. The van der Waals surface area contributed by atoms with Gasteiger partial charge in [0.05, 0.1) is 34.5 Å². The second-order valence-electron chi connectivity index (χ2n) is 8.05. The average Bonchev–Trinajstić information content (AvgIpc) is 2.75. The number of rotatable bonds is 6. The summed E-state index contributed by atoms with van der Waals surface area (Å²) in [6.07, 6.45) is -3.09. The van der Waals surface area contributed by atoms with E-state index in [0.717, 1.165) is 11.8 Å². The number of nitrogens with one attached hydrogen (secondary N) is 1. The molecule has 0 unspecified atom stereocenters. The van der Waals surface area contributed by atoms with Crippen LogP contribution in [0.5, 0.6) is 0 Å². The van der Waals surface area contributed by atoms with Gasteiger partial charge in [-0.05, 0) is 39.6 Å². The van der Waals surface area contributed by atoms with Crippen LogP contribution in [0.1, 0.15) is 42.3 Å². The van der Waals surface area contributed by atoms with Crippen molar-refractivity contribution in [3.63, 3.8) is 0 Å². The lowest BCUT2D eigenvalue weighted by atomic mass is 10.0. The number of allylic oxidation sites excluding steroid dienone is 1. The number of aromatic nitrogens is 2. The quantitative estimate of drug-likeness (QED) is 0.464. The number of hydrogen-bond acceptors (Lipinski definition) is 7. The van der Waals surface area contributed by atoms with E-state index < -0.39 is 33.4 Å². The average molecular weight is 500 g/mol. The summed E-state index contributed by atoms with van der Waals surface area (Å²) in [4.78, 5) is 5.93. The Morgan fingerprint density at radius 3 is 2.50 bits per heavy atom. The minimum absolute atomic E-state index is 0.0370. The molecular weight excluding hydrogens is 474 g/mol. The van der Waals surface area contributed by atoms with E-state index >= 15 is 0 Å². The number of sulfone groups is 1. The maximum Gasteiger partial charge on any atom is 0.419 e. The molecule has 0 aliphatic carbocycles. The Morgan fingerprint density at radius 1 is 1.26 bits per heavy atom. The fourth-order valence-corrected chi connectivity index (χ4v) is 4.93. The van der Waals surface area contributed by atoms with Crippen molar-refractivity contribution in [2.45, 2.75) is 33.0 Å². The zero-order chi connectivity index (χ0) is 25.3. The molecule has 1 aromatic heterocycles. The summed E-state index contributed by atoms with van der Waals surface area (Å²) in [7, 11) is -3.06. The van der Waals surface area contributed by atoms with Gasteiger partial charge < -0.3 is 10.2 Å². The second-order valence-corrected chi connectivity index (χ2v) is 10.4. The van der Waals surface area contributed by atoms with Gasteiger partial charge in [0.25, 0.3) is 0 Å². The van der Waals surface area contributed by atoms with Gasteiger partial charge in [-0.2, -0.15) is 18.3 Å². The van der Waals surface area contributed by atoms with Gasteiger partial charge in [0.2, 0.25) is 0 Å². The van der Waals surface area contributed by atoms with Crippen molar-refractivity contribution >= 4 is 34.1 Å². The SMILES string of the molecule is C=Nc1c(C)nnc(N[C@H](C)c2cccc(C(F)(F)F)c2F)c1/C=C(\C)N1CCS(=O)(=O)CC1. The normalized spacial score (nSPS) is 17.4. The largest absolute Gasteiger partial charge is 0.419 e. The van der Waals surface area contributed by atoms with Crippen LogP contribution in [-0.2, 0) is 16.0 Å². The van der Waals surface area contributed by atoms with Crippen molar-refractivity contribution in [2.24, 2.45) is 4.99 Å². The van der Waals surface area contributed by atoms with Crippen molar-refractivity contribution in [3.05, 3.63) is 52.1 Å². The van der Waals surface area contributed by atoms with E-state index in [-0.39, 0.29) is 22.9 Å². The molecule has 1 fully saturated rings. The third-order valence-electron chi connectivity index (χ3n) is 5.66. The molecular formula is C22H25F4N5O2S. The topological polar surface area (TPSA) is 87.6 Å². The van der Waals surface area contributed by atoms with E-state index in [2.05, 4.69) is 27.2 Å². The number of benzene rings is 1. The molecule has 1 aliphatic rings. The molecule has 0 saturated carbocycles. The first kappa shape index (κ1) is 25.6. The van der Waals surface area contributed by atoms with Crippen LogP contribution in [0.15, 0.2) is 28.9 Å². The Hall–Kier alpha value is -3.02. The first-order chi connectivity index (χ1) is 15.8. The van der Waals surface area contributed by atoms with Crippen LogP contribution >= 0.6 is 0 Å². The third-order valence-corrected chi connectivity index (χ3v) is 7.27. The van der Waals surface area contributed by atoms with Crippen LogP contribution in [0.3, 0.4) is 0 Å². The molecule has 1 saturated heterocycles. The summed E-state index contributed by atoms with van der Waals surface area (Å²) in [6.45, 7) is 9.22. The molecule has 0 amide bonds. The summed E-state index contributed by atoms with van der Waals surface area (Å²) in [5.74, 6) is -1.11. The maximum atomic E-state index is 14.7. The molecule has 1 atom stereocenters. The second kappa shape index (κ2) is 9.69. The number of aryl methyl sites for hydroxylation is 1. The van der Waals surface area contributed by atoms with Crippen molar-refractivity contribution < 1.29 is 26.0 Å². The monoisotopic (exact) mass is 499 g/mol. The molecule has 3 rings (SSSR count). The predicted molar refractivity (Wildman–Crippen MR) is 123 cm³/mol. The summed E-state index contributed by atoms with van der Waals surface area (Å²) < 4.78 is 77.6. The molecule has 12 heteroatoms. The van der Waals surface area contributed by atoms with Gasteiger partial charge in [0, 0.05) is 29.9 Å². The van der Waals surface area contributed by atoms with E-state index in [4.69, 9.17) is 0 Å². The van der Waals surface area contributed by atoms with Crippen LogP contribution in [0, 0.1) is 12.7 Å². The molecule has 184 valence electrons. The molecule has 1 aliphatic heterocycles. The number of halogens is 4. The summed E-state index contributed by atoms with van der Waals surface area (Å²) in [5, 5.41) is 11.1. The Balaban J connectivity index is 1.98. The van der Waals surface area contributed by atoms with Gasteiger partial charge in [-0.15, -0.1) is 5.10 Å². The lowest BCUT2D eigenvalue weighted by molar-refractivity contribution is -0.140. The molecule has 1 aromatic carbocycles. The van der Waals surface area contributed by atoms with Crippen LogP contribution < -0.4 is 5.32 Å². The molecule has 0 radical (unpaired) electrons. The Kier molecular flexibility index (Phi) is 7.29. The highest BCUT2D eigenvalue weighted by Crippen LogP contribution is 2.36. The lowest BCUT2D eigenvalue weighted by Gasteiger charge is -2.29. The van der Waals surface area contributed by atoms with Crippen molar-refractivity contribution in [1.29, 1.82) is 0 Å². The van der Waals surface area contributed by atoms with Gasteiger partial charge in [-0.1, -0.05) is 12.1 Å². The van der Waals surface area contributed by atoms with Crippen molar-refractivity contribution in [2.75, 3.05) is 29.9 Å². The molecule has 1 N–H and O–H groups in total. The number of nitrogens with zero attached hydrogens (tertiary/aromatic N) is 4. The van der Waals surface area contributed by atoms with E-state index in [0.29, 0.717) is 36.1 Å². The van der Waals surface area contributed by atoms with E-state index in [9.17, 15) is 26.0 Å². The molecule has 0 spiro atoms. The highest BCUT2D eigenvalue weighted by Gasteiger charge is 2.35. The van der Waals surface area contributed by atoms with Crippen LogP contribution in [0.4, 0.5) is 29.1 Å². The van der Waals surface area contributed by atoms with Crippen molar-refractivity contribution in [1.82, 2.24) is 15.1 Å². The van der Waals surface area contributed by atoms with Crippen molar-refractivity contribution in [3.8, 4) is 0 Å². The Labute approximate surface area is 195 Å². The smallest absolute Gasteiger partial charge is 0.373 e. The highest BCUT2D eigenvalue weighted by atomic mass is 32.2. The summed E-state index contributed by atoms with van der Waals surface area (Å²) in [5.41, 5.74) is 0.550. The van der Waals surface area contributed by atoms with E-state index in [1.165, 1.54) is 13.0 Å². The van der Waals surface area contributed by atoms with Gasteiger partial charge in [0.1, 0.15) is 5.82 Å². The van der Waals surface area contributed by atoms with Gasteiger partial charge >= 0.3 is 6.18 Å². The molecule has 34 heavy (non-hydrogen) atoms. The standard InChI is InChI=1S/C22H25F4N5O2S/c1-13(31-8-10-34(32,33)11-9-31)12-17-20(27-4)15(3)29-30-21(17)28-14(2)16-6-5-7-18(19(16)23)22(24,25)26/h5-7,12,14H,4,8-11H2,1-3H3,(H,28,30)/b13-12+/t14-/m1/s1. The Bertz CT molecular complexity index is 1210. The van der Waals surface area contributed by atoms with E-state index in [1.807, 2.05) is 4.90 Å². The third kappa shape index (κ3) is 5.54. The van der Waals surface area contributed by atoms with Crippen LogP contribution in [0.2, 0.25) is 0 Å². The summed E-state index contributed by atoms with van der Waals surface area (Å²) >= 11 is 0. The maximum absolute atomic E-state index is 14.7. The number of alkyl halides is 3. The van der Waals surface area contributed by atoms with Gasteiger partial charge in [0.15, 0.2) is 15.7 Å². The number of anilines is 1. The predicted octanol–water partition coefficient (Wildman–Crippen LogP) is 4.54. The molecule has 2 aromatic rings. The molecule has 7 nitrogen and oxygen atoms in total. The van der Waals surface area contributed by atoms with E-state index in [1.54, 1.807) is 19.9 Å². The highest BCUT2D eigenvalue weighted by molar-refractivity contribution is 7.91.